The average molecular weight is 350 g/mol. The first-order valence-corrected chi connectivity index (χ1v) is 8.47. The first-order valence-electron chi connectivity index (χ1n) is 7.68. The van der Waals surface area contributed by atoms with Crippen LogP contribution in [0, 0.1) is 6.92 Å². The Morgan fingerprint density at radius 3 is 2.71 bits per heavy atom. The van der Waals surface area contributed by atoms with Crippen molar-refractivity contribution in [2.75, 3.05) is 6.54 Å². The summed E-state index contributed by atoms with van der Waals surface area (Å²) >= 11 is 3.64. The Morgan fingerprint density at radius 1 is 1.24 bits per heavy atom. The molecule has 114 valence electrons. The van der Waals surface area contributed by atoms with Crippen LogP contribution in [0.5, 0.6) is 0 Å². The fourth-order valence-corrected chi connectivity index (χ4v) is 2.85. The molecule has 1 unspecified atom stereocenters. The Hall–Kier alpha value is -1.13. The van der Waals surface area contributed by atoms with E-state index in [0.29, 0.717) is 0 Å². The van der Waals surface area contributed by atoms with Crippen LogP contribution in [0.15, 0.2) is 34.9 Å². The van der Waals surface area contributed by atoms with Gasteiger partial charge in [0.1, 0.15) is 0 Å². The van der Waals surface area contributed by atoms with Gasteiger partial charge in [0.25, 0.3) is 0 Å². The van der Waals surface area contributed by atoms with Gasteiger partial charge < -0.3 is 5.32 Å². The highest BCUT2D eigenvalue weighted by Gasteiger charge is 2.18. The molecule has 0 radical (unpaired) electrons. The van der Waals surface area contributed by atoms with Crippen molar-refractivity contribution >= 4 is 15.9 Å². The van der Waals surface area contributed by atoms with Gasteiger partial charge in [-0.05, 0) is 49.6 Å². The van der Waals surface area contributed by atoms with Crippen molar-refractivity contribution in [1.82, 2.24) is 15.1 Å². The van der Waals surface area contributed by atoms with E-state index >= 15 is 0 Å². The molecule has 1 aromatic heterocycles. The molecule has 0 saturated carbocycles. The van der Waals surface area contributed by atoms with Crippen LogP contribution in [0.3, 0.4) is 0 Å². The summed E-state index contributed by atoms with van der Waals surface area (Å²) in [7, 11) is 0. The number of aromatic nitrogens is 2. The summed E-state index contributed by atoms with van der Waals surface area (Å²) in [5.41, 5.74) is 3.77. The predicted molar refractivity (Wildman–Crippen MR) is 91.5 cm³/mol. The van der Waals surface area contributed by atoms with E-state index in [1.807, 2.05) is 6.20 Å². The van der Waals surface area contributed by atoms with E-state index in [4.69, 9.17) is 0 Å². The van der Waals surface area contributed by atoms with Crippen LogP contribution in [-0.2, 0) is 6.54 Å². The van der Waals surface area contributed by atoms with Gasteiger partial charge in [0.2, 0.25) is 0 Å². The van der Waals surface area contributed by atoms with Gasteiger partial charge in [-0.3, -0.25) is 4.68 Å². The summed E-state index contributed by atoms with van der Waals surface area (Å²) in [6, 6.07) is 8.90. The highest BCUT2D eigenvalue weighted by Crippen LogP contribution is 2.26. The monoisotopic (exact) mass is 349 g/mol. The number of nitrogens with zero attached hydrogens (tertiary/aromatic N) is 2. The van der Waals surface area contributed by atoms with Crippen molar-refractivity contribution in [3.05, 3.63) is 51.8 Å². The number of hydrogen-bond donors (Lipinski definition) is 1. The summed E-state index contributed by atoms with van der Waals surface area (Å²) in [5, 5.41) is 8.12. The van der Waals surface area contributed by atoms with Crippen LogP contribution < -0.4 is 5.32 Å². The normalized spacial score (nSPS) is 12.6. The van der Waals surface area contributed by atoms with Crippen molar-refractivity contribution in [1.29, 1.82) is 0 Å². The number of nitrogens with one attached hydrogen (secondary N) is 1. The van der Waals surface area contributed by atoms with Crippen LogP contribution in [0.2, 0.25) is 0 Å². The second-order valence-electron chi connectivity index (χ2n) is 5.37. The van der Waals surface area contributed by atoms with Gasteiger partial charge >= 0.3 is 0 Å². The third-order valence-electron chi connectivity index (χ3n) is 3.61. The molecule has 0 spiro atoms. The van der Waals surface area contributed by atoms with Crippen molar-refractivity contribution < 1.29 is 0 Å². The summed E-state index contributed by atoms with van der Waals surface area (Å²) in [6.45, 7) is 8.44. The smallest absolute Gasteiger partial charge is 0.0748 e. The topological polar surface area (TPSA) is 29.9 Å². The molecule has 21 heavy (non-hydrogen) atoms. The zero-order chi connectivity index (χ0) is 15.2. The Kier molecular flexibility index (Phi) is 6.00. The van der Waals surface area contributed by atoms with Gasteiger partial charge in [-0.15, -0.1) is 0 Å². The Morgan fingerprint density at radius 2 is 2.05 bits per heavy atom. The Labute approximate surface area is 135 Å². The minimum absolute atomic E-state index is 0.191. The lowest BCUT2D eigenvalue weighted by Gasteiger charge is -2.21. The average Bonchev–Trinajstić information content (AvgIpc) is 2.92. The summed E-state index contributed by atoms with van der Waals surface area (Å²) in [6.07, 6.45) is 4.10. The van der Waals surface area contributed by atoms with Crippen molar-refractivity contribution in [3.8, 4) is 0 Å². The van der Waals surface area contributed by atoms with E-state index in [9.17, 15) is 0 Å². The molecule has 1 aromatic carbocycles. The highest BCUT2D eigenvalue weighted by molar-refractivity contribution is 9.10. The van der Waals surface area contributed by atoms with E-state index in [2.05, 4.69) is 76.1 Å². The molecule has 0 bridgehead atoms. The SMILES string of the molecule is CCCNC(c1ccc(C)c(Br)c1)c1ccnn1CCC. The van der Waals surface area contributed by atoms with E-state index in [1.54, 1.807) is 0 Å². The molecule has 0 fully saturated rings. The largest absolute Gasteiger partial charge is 0.305 e. The molecule has 3 nitrogen and oxygen atoms in total. The van der Waals surface area contributed by atoms with Gasteiger partial charge in [0.15, 0.2) is 0 Å². The first-order chi connectivity index (χ1) is 10.2. The quantitative estimate of drug-likeness (QED) is 0.799. The minimum Gasteiger partial charge on any atom is -0.305 e. The molecule has 2 aromatic rings. The molecule has 4 heteroatoms. The molecule has 2 rings (SSSR count). The fraction of sp³-hybridized carbons (Fsp3) is 0.471. The van der Waals surface area contributed by atoms with Crippen LogP contribution in [-0.4, -0.2) is 16.3 Å². The van der Waals surface area contributed by atoms with E-state index < -0.39 is 0 Å². The summed E-state index contributed by atoms with van der Waals surface area (Å²) in [4.78, 5) is 0. The third kappa shape index (κ3) is 3.95. The van der Waals surface area contributed by atoms with Crippen LogP contribution in [0.4, 0.5) is 0 Å². The molecule has 1 N–H and O–H groups in total. The van der Waals surface area contributed by atoms with E-state index in [-0.39, 0.29) is 6.04 Å². The molecular weight excluding hydrogens is 326 g/mol. The Bertz CT molecular complexity index is 577. The Balaban J connectivity index is 2.37. The molecule has 1 heterocycles. The van der Waals surface area contributed by atoms with Crippen LogP contribution in [0.1, 0.15) is 49.6 Å². The molecular formula is C17H24BrN3. The van der Waals surface area contributed by atoms with Crippen molar-refractivity contribution in [2.45, 2.75) is 46.2 Å². The van der Waals surface area contributed by atoms with Gasteiger partial charge in [0, 0.05) is 17.2 Å². The molecule has 1 atom stereocenters. The van der Waals surface area contributed by atoms with Gasteiger partial charge in [-0.1, -0.05) is 41.9 Å². The second kappa shape index (κ2) is 7.76. The summed E-state index contributed by atoms with van der Waals surface area (Å²) in [5.74, 6) is 0. The zero-order valence-electron chi connectivity index (χ0n) is 13.1. The standard InChI is InChI=1S/C17H24BrN3/c1-4-9-19-17(14-7-6-13(3)15(18)12-14)16-8-10-20-21(16)11-5-2/h6-8,10,12,17,19H,4-5,9,11H2,1-3H3. The first kappa shape index (κ1) is 16.2. The molecule has 0 saturated heterocycles. The van der Waals surface area contributed by atoms with Crippen molar-refractivity contribution in [3.63, 3.8) is 0 Å². The number of rotatable bonds is 7. The molecule has 0 aliphatic heterocycles. The zero-order valence-corrected chi connectivity index (χ0v) is 14.7. The fourth-order valence-electron chi connectivity index (χ4n) is 2.46. The number of halogens is 1. The lowest BCUT2D eigenvalue weighted by atomic mass is 10.0. The maximum Gasteiger partial charge on any atom is 0.0748 e. The van der Waals surface area contributed by atoms with E-state index in [0.717, 1.165) is 30.4 Å². The number of hydrogen-bond acceptors (Lipinski definition) is 2. The second-order valence-corrected chi connectivity index (χ2v) is 6.23. The van der Waals surface area contributed by atoms with Crippen LogP contribution >= 0.6 is 15.9 Å². The van der Waals surface area contributed by atoms with Gasteiger partial charge in [-0.25, -0.2) is 0 Å². The predicted octanol–water partition coefficient (Wildman–Crippen LogP) is 4.45. The van der Waals surface area contributed by atoms with E-state index in [1.165, 1.54) is 16.8 Å². The maximum atomic E-state index is 4.47. The number of aryl methyl sites for hydroxylation is 2. The minimum atomic E-state index is 0.191. The third-order valence-corrected chi connectivity index (χ3v) is 4.46. The van der Waals surface area contributed by atoms with Gasteiger partial charge in [0.05, 0.1) is 11.7 Å². The van der Waals surface area contributed by atoms with Gasteiger partial charge in [-0.2, -0.15) is 5.10 Å². The molecule has 0 aliphatic rings. The molecule has 0 amide bonds. The summed E-state index contributed by atoms with van der Waals surface area (Å²) < 4.78 is 3.27. The number of benzene rings is 1. The lowest BCUT2D eigenvalue weighted by Crippen LogP contribution is -2.26. The van der Waals surface area contributed by atoms with Crippen LogP contribution in [0.25, 0.3) is 0 Å². The highest BCUT2D eigenvalue weighted by atomic mass is 79.9. The maximum absolute atomic E-state index is 4.47. The lowest BCUT2D eigenvalue weighted by molar-refractivity contribution is 0.511. The van der Waals surface area contributed by atoms with Crippen molar-refractivity contribution in [2.24, 2.45) is 0 Å². The molecule has 0 aliphatic carbocycles.